The Balaban J connectivity index is 1.79. The van der Waals surface area contributed by atoms with Crippen LogP contribution in [0.2, 0.25) is 0 Å². The zero-order valence-corrected chi connectivity index (χ0v) is 10.3. The zero-order chi connectivity index (χ0) is 13.8. The number of hydrogen-bond donors (Lipinski definition) is 1. The van der Waals surface area contributed by atoms with Crippen LogP contribution in [0.25, 0.3) is 5.69 Å². The second-order valence-corrected chi connectivity index (χ2v) is 3.88. The molecule has 98 valence electrons. The minimum Gasteiger partial charge on any atom is -0.289 e. The summed E-state index contributed by atoms with van der Waals surface area (Å²) in [4.78, 5) is 21.2. The molecule has 0 aliphatic carbocycles. The van der Waals surface area contributed by atoms with Crippen LogP contribution < -0.4 is 5.32 Å². The van der Waals surface area contributed by atoms with Gasteiger partial charge in [-0.05, 0) is 18.2 Å². The van der Waals surface area contributed by atoms with E-state index < -0.39 is 5.91 Å². The molecule has 0 radical (unpaired) electrons. The molecule has 0 unspecified atom stereocenters. The fourth-order valence-corrected chi connectivity index (χ4v) is 1.58. The number of aromatic nitrogens is 5. The van der Waals surface area contributed by atoms with Gasteiger partial charge in [0.1, 0.15) is 0 Å². The molecule has 7 heteroatoms. The molecule has 1 amide bonds. The van der Waals surface area contributed by atoms with Gasteiger partial charge < -0.3 is 0 Å². The van der Waals surface area contributed by atoms with Crippen LogP contribution in [0.3, 0.4) is 0 Å². The van der Waals surface area contributed by atoms with Gasteiger partial charge >= 0.3 is 0 Å². The van der Waals surface area contributed by atoms with E-state index in [1.165, 1.54) is 11.0 Å². The van der Waals surface area contributed by atoms with Crippen molar-refractivity contribution in [3.05, 3.63) is 60.7 Å². The summed E-state index contributed by atoms with van der Waals surface area (Å²) in [5.74, 6) is -0.176. The second kappa shape index (κ2) is 5.27. The molecule has 1 aromatic carbocycles. The fourth-order valence-electron chi connectivity index (χ4n) is 1.58. The minimum atomic E-state index is -0.404. The Hall–Kier alpha value is -3.09. The predicted octanol–water partition coefficient (Wildman–Crippen LogP) is 1.31. The molecular weight excluding hydrogens is 256 g/mol. The molecule has 1 N–H and O–H groups in total. The standard InChI is InChI=1S/C13H10N6O/c20-12(17-13-14-7-4-8-15-13)11-9-16-19(18-11)10-5-2-1-3-6-10/h1-9H,(H,14,15,17,20). The van der Waals surface area contributed by atoms with Gasteiger partial charge in [0.2, 0.25) is 5.95 Å². The summed E-state index contributed by atoms with van der Waals surface area (Å²) in [6.07, 6.45) is 4.48. The van der Waals surface area contributed by atoms with Crippen LogP contribution in [0.5, 0.6) is 0 Å². The maximum absolute atomic E-state index is 12.0. The maximum Gasteiger partial charge on any atom is 0.280 e. The number of nitrogens with zero attached hydrogens (tertiary/aromatic N) is 5. The lowest BCUT2D eigenvalue weighted by Gasteiger charge is -1.99. The third kappa shape index (κ3) is 2.51. The van der Waals surface area contributed by atoms with Gasteiger partial charge in [0, 0.05) is 12.4 Å². The molecule has 0 saturated heterocycles. The van der Waals surface area contributed by atoms with Gasteiger partial charge in [0.25, 0.3) is 5.91 Å². The van der Waals surface area contributed by atoms with Crippen LogP contribution in [0.1, 0.15) is 10.5 Å². The van der Waals surface area contributed by atoms with Crippen molar-refractivity contribution in [2.45, 2.75) is 0 Å². The van der Waals surface area contributed by atoms with Crippen molar-refractivity contribution < 1.29 is 4.79 Å². The third-order valence-electron chi connectivity index (χ3n) is 2.50. The molecule has 0 spiro atoms. The van der Waals surface area contributed by atoms with Gasteiger partial charge in [-0.2, -0.15) is 9.90 Å². The van der Waals surface area contributed by atoms with Gasteiger partial charge in [0.15, 0.2) is 5.69 Å². The number of para-hydroxylation sites is 1. The van der Waals surface area contributed by atoms with E-state index in [2.05, 4.69) is 25.5 Å². The second-order valence-electron chi connectivity index (χ2n) is 3.88. The van der Waals surface area contributed by atoms with E-state index in [9.17, 15) is 4.79 Å². The third-order valence-corrected chi connectivity index (χ3v) is 2.50. The molecule has 3 rings (SSSR count). The minimum absolute atomic E-state index is 0.196. The number of hydrogen-bond acceptors (Lipinski definition) is 5. The van der Waals surface area contributed by atoms with E-state index >= 15 is 0 Å². The first-order chi connectivity index (χ1) is 9.83. The van der Waals surface area contributed by atoms with Crippen molar-refractivity contribution in [1.82, 2.24) is 25.0 Å². The average Bonchev–Trinajstić information content (AvgIpc) is 2.99. The zero-order valence-electron chi connectivity index (χ0n) is 10.3. The van der Waals surface area contributed by atoms with E-state index in [4.69, 9.17) is 0 Å². The number of benzene rings is 1. The Morgan fingerprint density at radius 1 is 1.05 bits per heavy atom. The number of rotatable bonds is 3. The molecule has 3 aromatic rings. The lowest BCUT2D eigenvalue weighted by molar-refractivity contribution is 0.102. The first kappa shape index (κ1) is 12.0. The molecule has 0 saturated carbocycles. The molecule has 20 heavy (non-hydrogen) atoms. The van der Waals surface area contributed by atoms with E-state index in [-0.39, 0.29) is 11.6 Å². The maximum atomic E-state index is 12.0. The first-order valence-electron chi connectivity index (χ1n) is 5.89. The van der Waals surface area contributed by atoms with Gasteiger partial charge in [-0.1, -0.05) is 18.2 Å². The van der Waals surface area contributed by atoms with E-state index in [0.717, 1.165) is 5.69 Å². The first-order valence-corrected chi connectivity index (χ1v) is 5.89. The van der Waals surface area contributed by atoms with Crippen molar-refractivity contribution in [3.8, 4) is 5.69 Å². The van der Waals surface area contributed by atoms with Gasteiger partial charge in [-0.15, -0.1) is 5.10 Å². The fraction of sp³-hybridized carbons (Fsp3) is 0. The topological polar surface area (TPSA) is 85.6 Å². The van der Waals surface area contributed by atoms with Crippen LogP contribution in [-0.2, 0) is 0 Å². The molecule has 0 fully saturated rings. The molecule has 0 aliphatic heterocycles. The summed E-state index contributed by atoms with van der Waals surface area (Å²) in [7, 11) is 0. The lowest BCUT2D eigenvalue weighted by atomic mass is 10.3. The number of nitrogens with one attached hydrogen (secondary N) is 1. The monoisotopic (exact) mass is 266 g/mol. The summed E-state index contributed by atoms with van der Waals surface area (Å²) >= 11 is 0. The Morgan fingerprint density at radius 3 is 2.55 bits per heavy atom. The van der Waals surface area contributed by atoms with Gasteiger partial charge in [-0.3, -0.25) is 10.1 Å². The summed E-state index contributed by atoms with van der Waals surface area (Å²) in [5, 5.41) is 10.7. The molecule has 0 bridgehead atoms. The number of amides is 1. The summed E-state index contributed by atoms with van der Waals surface area (Å²) in [6, 6.07) is 11.0. The van der Waals surface area contributed by atoms with Crippen molar-refractivity contribution in [3.63, 3.8) is 0 Å². The van der Waals surface area contributed by atoms with Crippen LogP contribution >= 0.6 is 0 Å². The summed E-state index contributed by atoms with van der Waals surface area (Å²) in [5.41, 5.74) is 0.976. The number of carbonyl (C=O) groups is 1. The highest BCUT2D eigenvalue weighted by molar-refractivity contribution is 6.01. The van der Waals surface area contributed by atoms with Gasteiger partial charge in [-0.25, -0.2) is 9.97 Å². The largest absolute Gasteiger partial charge is 0.289 e. The van der Waals surface area contributed by atoms with E-state index in [1.54, 1.807) is 18.5 Å². The van der Waals surface area contributed by atoms with E-state index in [0.29, 0.717) is 0 Å². The highest BCUT2D eigenvalue weighted by Gasteiger charge is 2.12. The van der Waals surface area contributed by atoms with Gasteiger partial charge in [0.05, 0.1) is 11.9 Å². The van der Waals surface area contributed by atoms with Crippen molar-refractivity contribution >= 4 is 11.9 Å². The highest BCUT2D eigenvalue weighted by Crippen LogP contribution is 2.05. The molecular formula is C13H10N6O. The van der Waals surface area contributed by atoms with Crippen molar-refractivity contribution in [1.29, 1.82) is 0 Å². The predicted molar refractivity (Wildman–Crippen MR) is 71.3 cm³/mol. The molecule has 0 atom stereocenters. The lowest BCUT2D eigenvalue weighted by Crippen LogP contribution is -2.15. The summed E-state index contributed by atoms with van der Waals surface area (Å²) < 4.78 is 0. The Bertz CT molecular complexity index is 710. The van der Waals surface area contributed by atoms with Crippen molar-refractivity contribution in [2.24, 2.45) is 0 Å². The van der Waals surface area contributed by atoms with Crippen LogP contribution in [0.15, 0.2) is 55.0 Å². The Kier molecular flexibility index (Phi) is 3.15. The SMILES string of the molecule is O=C(Nc1ncccn1)c1cnn(-c2ccccc2)n1. The Morgan fingerprint density at radius 2 is 1.80 bits per heavy atom. The normalized spacial score (nSPS) is 10.2. The summed E-state index contributed by atoms with van der Waals surface area (Å²) in [6.45, 7) is 0. The van der Waals surface area contributed by atoms with Crippen LogP contribution in [0.4, 0.5) is 5.95 Å². The number of carbonyl (C=O) groups excluding carboxylic acids is 1. The molecule has 2 aromatic heterocycles. The average molecular weight is 266 g/mol. The smallest absolute Gasteiger partial charge is 0.280 e. The van der Waals surface area contributed by atoms with Crippen LogP contribution in [0, 0.1) is 0 Å². The number of anilines is 1. The Labute approximate surface area is 114 Å². The van der Waals surface area contributed by atoms with Crippen LogP contribution in [-0.4, -0.2) is 30.9 Å². The van der Waals surface area contributed by atoms with E-state index in [1.807, 2.05) is 30.3 Å². The quantitative estimate of drug-likeness (QED) is 0.772. The molecule has 7 nitrogen and oxygen atoms in total. The van der Waals surface area contributed by atoms with Crippen molar-refractivity contribution in [2.75, 3.05) is 5.32 Å². The molecule has 0 aliphatic rings. The molecule has 2 heterocycles. The highest BCUT2D eigenvalue weighted by atomic mass is 16.2.